The molecule has 2 aromatic heterocycles. The summed E-state index contributed by atoms with van der Waals surface area (Å²) in [6.07, 6.45) is 1.89. The Hall–Kier alpha value is -3.28. The quantitative estimate of drug-likeness (QED) is 0.467. The third-order valence-corrected chi connectivity index (χ3v) is 4.20. The number of aromatic amines is 3. The molecule has 24 heavy (non-hydrogen) atoms. The SMILES string of the molecule is CC(NC(=O)c1ccc2[nH]c(=O)[nH]c2c1)c1ccc2cc[nH]c2c1. The molecule has 120 valence electrons. The first-order valence-corrected chi connectivity index (χ1v) is 7.70. The van der Waals surface area contributed by atoms with Crippen molar-refractivity contribution in [3.63, 3.8) is 0 Å². The number of fused-ring (bicyclic) bond motifs is 2. The highest BCUT2D eigenvalue weighted by molar-refractivity contribution is 5.97. The maximum absolute atomic E-state index is 12.5. The van der Waals surface area contributed by atoms with E-state index in [2.05, 4.69) is 20.3 Å². The van der Waals surface area contributed by atoms with E-state index in [1.54, 1.807) is 18.2 Å². The molecule has 1 amide bonds. The van der Waals surface area contributed by atoms with Crippen molar-refractivity contribution in [3.8, 4) is 0 Å². The Morgan fingerprint density at radius 3 is 2.71 bits per heavy atom. The Kier molecular flexibility index (Phi) is 3.23. The number of carbonyl (C=O) groups excluding carboxylic acids is 1. The summed E-state index contributed by atoms with van der Waals surface area (Å²) in [4.78, 5) is 32.3. The third-order valence-electron chi connectivity index (χ3n) is 4.20. The molecule has 0 bridgehead atoms. The van der Waals surface area contributed by atoms with Crippen LogP contribution in [0.1, 0.15) is 28.9 Å². The van der Waals surface area contributed by atoms with Gasteiger partial charge in [-0.2, -0.15) is 0 Å². The van der Waals surface area contributed by atoms with Gasteiger partial charge in [0.2, 0.25) is 0 Å². The molecule has 0 aliphatic rings. The van der Waals surface area contributed by atoms with E-state index in [0.29, 0.717) is 16.6 Å². The van der Waals surface area contributed by atoms with Crippen molar-refractivity contribution in [1.82, 2.24) is 20.3 Å². The zero-order chi connectivity index (χ0) is 16.7. The molecule has 0 spiro atoms. The first-order valence-electron chi connectivity index (χ1n) is 7.70. The van der Waals surface area contributed by atoms with Gasteiger partial charge in [-0.15, -0.1) is 0 Å². The number of imidazole rings is 1. The molecule has 0 saturated carbocycles. The maximum Gasteiger partial charge on any atom is 0.323 e. The molecule has 0 aliphatic heterocycles. The number of benzene rings is 2. The summed E-state index contributed by atoms with van der Waals surface area (Å²) in [6.45, 7) is 1.94. The fourth-order valence-electron chi connectivity index (χ4n) is 2.87. The van der Waals surface area contributed by atoms with Gasteiger partial charge in [0, 0.05) is 17.3 Å². The average Bonchev–Trinajstić information content (AvgIpc) is 3.17. The van der Waals surface area contributed by atoms with Gasteiger partial charge in [-0.25, -0.2) is 4.79 Å². The minimum atomic E-state index is -0.282. The van der Waals surface area contributed by atoms with E-state index in [1.165, 1.54) is 0 Å². The van der Waals surface area contributed by atoms with Gasteiger partial charge >= 0.3 is 5.69 Å². The molecule has 0 radical (unpaired) electrons. The van der Waals surface area contributed by atoms with Gasteiger partial charge < -0.3 is 20.3 Å². The Morgan fingerprint density at radius 1 is 1.00 bits per heavy atom. The second-order valence-corrected chi connectivity index (χ2v) is 5.86. The number of carbonyl (C=O) groups is 1. The van der Waals surface area contributed by atoms with Crippen molar-refractivity contribution in [2.45, 2.75) is 13.0 Å². The Labute approximate surface area is 136 Å². The molecular weight excluding hydrogens is 304 g/mol. The molecular formula is C18H16N4O2. The number of amides is 1. The number of aromatic nitrogens is 3. The first-order chi connectivity index (χ1) is 11.6. The van der Waals surface area contributed by atoms with Gasteiger partial charge in [-0.3, -0.25) is 4.79 Å². The van der Waals surface area contributed by atoms with Crippen LogP contribution in [0, 0.1) is 0 Å². The number of H-pyrrole nitrogens is 3. The van der Waals surface area contributed by atoms with E-state index in [9.17, 15) is 9.59 Å². The summed E-state index contributed by atoms with van der Waals surface area (Å²) >= 11 is 0. The number of nitrogens with one attached hydrogen (secondary N) is 4. The Balaban J connectivity index is 1.58. The van der Waals surface area contributed by atoms with Crippen LogP contribution in [0.5, 0.6) is 0 Å². The van der Waals surface area contributed by atoms with Crippen LogP contribution in [0.2, 0.25) is 0 Å². The molecule has 4 aromatic rings. The van der Waals surface area contributed by atoms with Crippen LogP contribution in [-0.2, 0) is 0 Å². The number of rotatable bonds is 3. The van der Waals surface area contributed by atoms with Crippen LogP contribution < -0.4 is 11.0 Å². The van der Waals surface area contributed by atoms with E-state index in [1.807, 2.05) is 37.4 Å². The Morgan fingerprint density at radius 2 is 1.83 bits per heavy atom. The van der Waals surface area contributed by atoms with Gasteiger partial charge in [-0.1, -0.05) is 12.1 Å². The number of hydrogen-bond acceptors (Lipinski definition) is 2. The van der Waals surface area contributed by atoms with Gasteiger partial charge in [0.05, 0.1) is 17.1 Å². The predicted octanol–water partition coefficient (Wildman–Crippen LogP) is 2.83. The average molecular weight is 320 g/mol. The summed E-state index contributed by atoms with van der Waals surface area (Å²) in [5, 5.41) is 4.12. The molecule has 1 unspecified atom stereocenters. The lowest BCUT2D eigenvalue weighted by Crippen LogP contribution is -2.26. The summed E-state index contributed by atoms with van der Waals surface area (Å²) in [5.74, 6) is -0.182. The van der Waals surface area contributed by atoms with E-state index in [4.69, 9.17) is 0 Å². The zero-order valence-corrected chi connectivity index (χ0v) is 13.0. The van der Waals surface area contributed by atoms with Crippen LogP contribution in [0.4, 0.5) is 0 Å². The molecule has 4 rings (SSSR count). The van der Waals surface area contributed by atoms with Gasteiger partial charge in [0.15, 0.2) is 0 Å². The molecule has 2 heterocycles. The zero-order valence-electron chi connectivity index (χ0n) is 13.0. The highest BCUT2D eigenvalue weighted by Gasteiger charge is 2.13. The van der Waals surface area contributed by atoms with Crippen molar-refractivity contribution >= 4 is 27.8 Å². The van der Waals surface area contributed by atoms with Crippen LogP contribution in [0.25, 0.3) is 21.9 Å². The van der Waals surface area contributed by atoms with E-state index in [-0.39, 0.29) is 17.6 Å². The summed E-state index contributed by atoms with van der Waals surface area (Å²) in [7, 11) is 0. The largest absolute Gasteiger partial charge is 0.361 e. The third kappa shape index (κ3) is 2.48. The Bertz CT molecular complexity index is 1100. The normalized spacial score (nSPS) is 12.5. The van der Waals surface area contributed by atoms with Gasteiger partial charge in [0.25, 0.3) is 5.91 Å². The molecule has 4 N–H and O–H groups in total. The first kappa shape index (κ1) is 14.3. The highest BCUT2D eigenvalue weighted by Crippen LogP contribution is 2.20. The van der Waals surface area contributed by atoms with Crippen molar-refractivity contribution in [3.05, 3.63) is 70.3 Å². The summed E-state index contributed by atoms with van der Waals surface area (Å²) in [5.41, 5.74) is 3.59. The van der Waals surface area contributed by atoms with Crippen LogP contribution in [0.15, 0.2) is 53.5 Å². The molecule has 1 atom stereocenters. The lowest BCUT2D eigenvalue weighted by molar-refractivity contribution is 0.0940. The van der Waals surface area contributed by atoms with Crippen molar-refractivity contribution < 1.29 is 4.79 Å². The second-order valence-electron chi connectivity index (χ2n) is 5.86. The van der Waals surface area contributed by atoms with Crippen LogP contribution >= 0.6 is 0 Å². The van der Waals surface area contributed by atoms with Crippen molar-refractivity contribution in [2.75, 3.05) is 0 Å². The summed E-state index contributed by atoms with van der Waals surface area (Å²) in [6, 6.07) is 13.0. The molecule has 0 fully saturated rings. The summed E-state index contributed by atoms with van der Waals surface area (Å²) < 4.78 is 0. The van der Waals surface area contributed by atoms with Gasteiger partial charge in [-0.05, 0) is 48.2 Å². The standard InChI is InChI=1S/C18H16N4O2/c1-10(12-3-2-11-6-7-19-15(11)8-12)20-17(23)13-4-5-14-16(9-13)22-18(24)21-14/h2-10,19H,1H3,(H,20,23)(H2,21,22,24). The molecule has 6 heteroatoms. The molecule has 0 aliphatic carbocycles. The smallest absolute Gasteiger partial charge is 0.323 e. The molecule has 6 nitrogen and oxygen atoms in total. The maximum atomic E-state index is 12.5. The lowest BCUT2D eigenvalue weighted by atomic mass is 10.1. The fourth-order valence-corrected chi connectivity index (χ4v) is 2.87. The topological polar surface area (TPSA) is 93.5 Å². The van der Waals surface area contributed by atoms with Gasteiger partial charge in [0.1, 0.15) is 0 Å². The fraction of sp³-hybridized carbons (Fsp3) is 0.111. The van der Waals surface area contributed by atoms with E-state index < -0.39 is 0 Å². The van der Waals surface area contributed by atoms with Crippen LogP contribution in [-0.4, -0.2) is 20.9 Å². The lowest BCUT2D eigenvalue weighted by Gasteiger charge is -2.14. The highest BCUT2D eigenvalue weighted by atomic mass is 16.2. The van der Waals surface area contributed by atoms with Crippen molar-refractivity contribution in [1.29, 1.82) is 0 Å². The van der Waals surface area contributed by atoms with Crippen LogP contribution in [0.3, 0.4) is 0 Å². The minimum absolute atomic E-state index is 0.133. The minimum Gasteiger partial charge on any atom is -0.361 e. The second kappa shape index (κ2) is 5.42. The number of hydrogen-bond donors (Lipinski definition) is 4. The van der Waals surface area contributed by atoms with E-state index >= 15 is 0 Å². The van der Waals surface area contributed by atoms with Crippen molar-refractivity contribution in [2.24, 2.45) is 0 Å². The van der Waals surface area contributed by atoms with E-state index in [0.717, 1.165) is 16.5 Å². The molecule has 0 saturated heterocycles. The molecule has 2 aromatic carbocycles. The monoisotopic (exact) mass is 320 g/mol. The predicted molar refractivity (Wildman–Crippen MR) is 93.1 cm³/mol.